The third-order valence-electron chi connectivity index (χ3n) is 2.94. The first-order valence-electron chi connectivity index (χ1n) is 6.79. The average Bonchev–Trinajstić information content (AvgIpc) is 2.86. The summed E-state index contributed by atoms with van der Waals surface area (Å²) < 4.78 is 7.10. The van der Waals surface area contributed by atoms with Gasteiger partial charge >= 0.3 is 0 Å². The Morgan fingerprint density at radius 3 is 2.59 bits per heavy atom. The number of para-hydroxylation sites is 1. The first kappa shape index (κ1) is 15.6. The van der Waals surface area contributed by atoms with Gasteiger partial charge in [-0.15, -0.1) is 0 Å². The van der Waals surface area contributed by atoms with Gasteiger partial charge in [-0.25, -0.2) is 0 Å². The first-order chi connectivity index (χ1) is 10.4. The summed E-state index contributed by atoms with van der Waals surface area (Å²) >= 11 is 0. The van der Waals surface area contributed by atoms with Crippen molar-refractivity contribution in [3.63, 3.8) is 0 Å². The van der Waals surface area contributed by atoms with Gasteiger partial charge in [0, 0.05) is 13.2 Å². The summed E-state index contributed by atoms with van der Waals surface area (Å²) in [5.41, 5.74) is 6.36. The molecule has 0 aliphatic heterocycles. The first-order valence-corrected chi connectivity index (χ1v) is 6.79. The van der Waals surface area contributed by atoms with Crippen molar-refractivity contribution in [2.24, 2.45) is 12.8 Å². The summed E-state index contributed by atoms with van der Waals surface area (Å²) in [5.74, 6) is -0.706. The van der Waals surface area contributed by atoms with Gasteiger partial charge in [-0.3, -0.25) is 14.3 Å². The van der Waals surface area contributed by atoms with E-state index >= 15 is 0 Å². The molecule has 0 aliphatic carbocycles. The second kappa shape index (κ2) is 6.30. The Hall–Kier alpha value is -2.83. The number of aromatic nitrogens is 2. The highest BCUT2D eigenvalue weighted by Crippen LogP contribution is 2.30. The molecule has 0 unspecified atom stereocenters. The smallest absolute Gasteiger partial charge is 0.274 e. The molecule has 0 bridgehead atoms. The lowest BCUT2D eigenvalue weighted by Gasteiger charge is -2.17. The van der Waals surface area contributed by atoms with E-state index in [1.807, 2.05) is 13.8 Å². The van der Waals surface area contributed by atoms with Crippen molar-refractivity contribution in [3.05, 3.63) is 41.7 Å². The molecule has 0 aliphatic rings. The van der Waals surface area contributed by atoms with E-state index in [-0.39, 0.29) is 23.3 Å². The fourth-order valence-electron chi connectivity index (χ4n) is 1.98. The van der Waals surface area contributed by atoms with Gasteiger partial charge in [0.15, 0.2) is 5.75 Å². The van der Waals surface area contributed by atoms with E-state index in [0.717, 1.165) is 0 Å². The number of ether oxygens (including phenoxy) is 1. The molecule has 0 atom stereocenters. The number of nitrogens with two attached hydrogens (primary N) is 1. The van der Waals surface area contributed by atoms with Crippen molar-refractivity contribution in [1.29, 1.82) is 0 Å². The van der Waals surface area contributed by atoms with Crippen LogP contribution in [0.5, 0.6) is 5.75 Å². The second-order valence-corrected chi connectivity index (χ2v) is 5.01. The maximum absolute atomic E-state index is 12.3. The highest BCUT2D eigenvalue weighted by molar-refractivity contribution is 6.06. The normalized spacial score (nSPS) is 10.5. The second-order valence-electron chi connectivity index (χ2n) is 5.01. The van der Waals surface area contributed by atoms with Crippen molar-refractivity contribution in [2.75, 3.05) is 5.32 Å². The van der Waals surface area contributed by atoms with E-state index in [9.17, 15) is 9.59 Å². The van der Waals surface area contributed by atoms with E-state index in [0.29, 0.717) is 11.4 Å². The zero-order chi connectivity index (χ0) is 16.3. The fraction of sp³-hybridized carbons (Fsp3) is 0.267. The summed E-state index contributed by atoms with van der Waals surface area (Å²) in [7, 11) is 1.67. The Labute approximate surface area is 128 Å². The molecular formula is C15H18N4O3. The number of carbonyl (C=O) groups excluding carboxylic acids is 2. The number of primary amides is 1. The molecule has 0 saturated carbocycles. The minimum absolute atomic E-state index is 0.173. The van der Waals surface area contributed by atoms with E-state index < -0.39 is 5.91 Å². The number of nitrogens with zero attached hydrogens (tertiary/aromatic N) is 2. The minimum atomic E-state index is -0.618. The number of anilines is 1. The minimum Gasteiger partial charge on any atom is -0.488 e. The summed E-state index contributed by atoms with van der Waals surface area (Å²) in [6, 6.07) is 6.43. The Morgan fingerprint density at radius 1 is 1.32 bits per heavy atom. The lowest BCUT2D eigenvalue weighted by Crippen LogP contribution is -2.20. The van der Waals surface area contributed by atoms with Gasteiger partial charge in [0.1, 0.15) is 5.69 Å². The van der Waals surface area contributed by atoms with Gasteiger partial charge in [0.05, 0.1) is 17.4 Å². The van der Waals surface area contributed by atoms with Crippen LogP contribution in [0.25, 0.3) is 0 Å². The number of aryl methyl sites for hydroxylation is 1. The van der Waals surface area contributed by atoms with Gasteiger partial charge in [0.2, 0.25) is 0 Å². The van der Waals surface area contributed by atoms with Crippen LogP contribution in [0.2, 0.25) is 0 Å². The molecule has 2 rings (SSSR count). The Balaban J connectivity index is 2.38. The van der Waals surface area contributed by atoms with Crippen LogP contribution in [-0.2, 0) is 7.05 Å². The molecule has 0 saturated heterocycles. The number of carbonyl (C=O) groups is 2. The van der Waals surface area contributed by atoms with Gasteiger partial charge in [-0.05, 0) is 32.0 Å². The SMILES string of the molecule is CC(C)Oc1c(NC(=O)c2ccnn2C)cccc1C(N)=O. The average molecular weight is 302 g/mol. The number of rotatable bonds is 5. The van der Waals surface area contributed by atoms with Gasteiger partial charge in [-0.1, -0.05) is 6.07 Å². The van der Waals surface area contributed by atoms with Gasteiger partial charge in [-0.2, -0.15) is 5.10 Å². The van der Waals surface area contributed by atoms with E-state index in [2.05, 4.69) is 10.4 Å². The summed E-state index contributed by atoms with van der Waals surface area (Å²) in [4.78, 5) is 23.8. The standard InChI is InChI=1S/C15H18N4O3/c1-9(2)22-13-10(14(16)20)5-4-6-11(13)18-15(21)12-7-8-17-19(12)3/h4-9H,1-3H3,(H2,16,20)(H,18,21). The van der Waals surface area contributed by atoms with Crippen LogP contribution < -0.4 is 15.8 Å². The molecule has 0 fully saturated rings. The lowest BCUT2D eigenvalue weighted by atomic mass is 10.1. The van der Waals surface area contributed by atoms with Crippen LogP contribution in [0.15, 0.2) is 30.5 Å². The van der Waals surface area contributed by atoms with Crippen molar-refractivity contribution in [2.45, 2.75) is 20.0 Å². The molecule has 0 radical (unpaired) electrons. The van der Waals surface area contributed by atoms with Crippen LogP contribution in [0.1, 0.15) is 34.7 Å². The Kier molecular flexibility index (Phi) is 4.45. The van der Waals surface area contributed by atoms with Gasteiger partial charge in [0.25, 0.3) is 11.8 Å². The molecule has 7 heteroatoms. The molecule has 1 aromatic carbocycles. The quantitative estimate of drug-likeness (QED) is 0.875. The monoisotopic (exact) mass is 302 g/mol. The molecule has 2 aromatic rings. The Morgan fingerprint density at radius 2 is 2.05 bits per heavy atom. The largest absolute Gasteiger partial charge is 0.488 e. The Bertz CT molecular complexity index is 707. The molecule has 7 nitrogen and oxygen atoms in total. The highest BCUT2D eigenvalue weighted by atomic mass is 16.5. The van der Waals surface area contributed by atoms with Crippen LogP contribution in [0, 0.1) is 0 Å². The number of amides is 2. The van der Waals surface area contributed by atoms with Crippen LogP contribution in [0.3, 0.4) is 0 Å². The van der Waals surface area contributed by atoms with Crippen molar-refractivity contribution < 1.29 is 14.3 Å². The van der Waals surface area contributed by atoms with Crippen LogP contribution >= 0.6 is 0 Å². The predicted molar refractivity (Wildman–Crippen MR) is 81.9 cm³/mol. The van der Waals surface area contributed by atoms with Gasteiger partial charge < -0.3 is 15.8 Å². The van der Waals surface area contributed by atoms with Crippen LogP contribution in [0.4, 0.5) is 5.69 Å². The number of hydrogen-bond acceptors (Lipinski definition) is 4. The summed E-state index contributed by atoms with van der Waals surface area (Å²) in [6.45, 7) is 3.65. The molecule has 1 aromatic heterocycles. The third kappa shape index (κ3) is 3.25. The molecule has 116 valence electrons. The topological polar surface area (TPSA) is 99.2 Å². The fourth-order valence-corrected chi connectivity index (χ4v) is 1.98. The molecule has 0 spiro atoms. The van der Waals surface area contributed by atoms with E-state index in [1.54, 1.807) is 31.3 Å². The van der Waals surface area contributed by atoms with E-state index in [1.165, 1.54) is 10.9 Å². The predicted octanol–water partition coefficient (Wildman–Crippen LogP) is 1.56. The van der Waals surface area contributed by atoms with Crippen molar-refractivity contribution in [1.82, 2.24) is 9.78 Å². The third-order valence-corrected chi connectivity index (χ3v) is 2.94. The summed E-state index contributed by atoms with van der Waals surface area (Å²) in [5, 5.41) is 6.67. The molecule has 2 amide bonds. The van der Waals surface area contributed by atoms with E-state index in [4.69, 9.17) is 10.5 Å². The highest BCUT2D eigenvalue weighted by Gasteiger charge is 2.18. The number of hydrogen-bond donors (Lipinski definition) is 2. The number of benzene rings is 1. The maximum Gasteiger partial charge on any atom is 0.274 e. The molecule has 3 N–H and O–H groups in total. The zero-order valence-corrected chi connectivity index (χ0v) is 12.7. The zero-order valence-electron chi connectivity index (χ0n) is 12.7. The summed E-state index contributed by atoms with van der Waals surface area (Å²) in [6.07, 6.45) is 1.35. The van der Waals surface area contributed by atoms with Crippen molar-refractivity contribution in [3.8, 4) is 5.75 Å². The number of nitrogens with one attached hydrogen (secondary N) is 1. The maximum atomic E-state index is 12.3. The molecule has 22 heavy (non-hydrogen) atoms. The lowest BCUT2D eigenvalue weighted by molar-refractivity contribution is 0.0988. The van der Waals surface area contributed by atoms with Crippen LogP contribution in [-0.4, -0.2) is 27.7 Å². The molecular weight excluding hydrogens is 284 g/mol. The molecule has 1 heterocycles. The van der Waals surface area contributed by atoms with Crippen molar-refractivity contribution >= 4 is 17.5 Å².